The van der Waals surface area contributed by atoms with E-state index in [1.54, 1.807) is 0 Å². The zero-order valence-corrected chi connectivity index (χ0v) is 15.4. The lowest BCUT2D eigenvalue weighted by molar-refractivity contribution is -0.0578. The number of fused-ring (bicyclic) bond motifs is 6. The number of benzene rings is 2. The molecule has 0 atom stereocenters. The Labute approximate surface area is 159 Å². The first-order chi connectivity index (χ1) is 13.2. The fourth-order valence-electron chi connectivity index (χ4n) is 5.30. The molecule has 140 valence electrons. The summed E-state index contributed by atoms with van der Waals surface area (Å²) in [5, 5.41) is 9.98. The molecule has 4 heteroatoms. The maximum absolute atomic E-state index is 12.9. The third kappa shape index (κ3) is 2.58. The van der Waals surface area contributed by atoms with Crippen molar-refractivity contribution in [3.63, 3.8) is 0 Å². The number of hydrogen-bond acceptors (Lipinski definition) is 3. The fraction of sp³-hybridized carbons (Fsp3) is 0.435. The number of aliphatic hydroxyl groups is 1. The van der Waals surface area contributed by atoms with Gasteiger partial charge in [-0.15, -0.1) is 0 Å². The highest BCUT2D eigenvalue weighted by Crippen LogP contribution is 2.46. The summed E-state index contributed by atoms with van der Waals surface area (Å²) < 4.78 is 5.83. The SMILES string of the molecule is O=C(OCC1c2ccccc2-c2ccccc21)N1CC2CCC1(CO)CC2. The third-order valence-electron chi connectivity index (χ3n) is 6.90. The van der Waals surface area contributed by atoms with E-state index in [2.05, 4.69) is 36.4 Å². The number of hydrogen-bond donors (Lipinski definition) is 1. The Morgan fingerprint density at radius 2 is 1.63 bits per heavy atom. The normalized spacial score (nSPS) is 26.0. The molecular weight excluding hydrogens is 338 g/mol. The minimum atomic E-state index is -0.405. The Balaban J connectivity index is 1.37. The topological polar surface area (TPSA) is 49.8 Å². The minimum Gasteiger partial charge on any atom is -0.448 e. The number of nitrogens with zero attached hydrogens (tertiary/aromatic N) is 1. The van der Waals surface area contributed by atoms with E-state index in [4.69, 9.17) is 4.74 Å². The Morgan fingerprint density at radius 1 is 1.04 bits per heavy atom. The summed E-state index contributed by atoms with van der Waals surface area (Å²) in [5.41, 5.74) is 4.51. The molecule has 1 amide bonds. The van der Waals surface area contributed by atoms with Gasteiger partial charge in [-0.2, -0.15) is 0 Å². The summed E-state index contributed by atoms with van der Waals surface area (Å²) in [6, 6.07) is 16.7. The van der Waals surface area contributed by atoms with Crippen LogP contribution >= 0.6 is 0 Å². The van der Waals surface area contributed by atoms with Gasteiger partial charge in [-0.25, -0.2) is 4.79 Å². The Morgan fingerprint density at radius 3 is 2.22 bits per heavy atom. The average Bonchev–Trinajstić information content (AvgIpc) is 3.06. The van der Waals surface area contributed by atoms with Crippen molar-refractivity contribution >= 4 is 6.09 Å². The lowest BCUT2D eigenvalue weighted by Gasteiger charge is -2.53. The highest BCUT2D eigenvalue weighted by Gasteiger charge is 2.48. The number of amides is 1. The second-order valence-electron chi connectivity index (χ2n) is 8.24. The van der Waals surface area contributed by atoms with E-state index in [0.29, 0.717) is 12.5 Å². The largest absolute Gasteiger partial charge is 0.448 e. The van der Waals surface area contributed by atoms with Crippen LogP contribution in [0.2, 0.25) is 0 Å². The highest BCUT2D eigenvalue weighted by molar-refractivity contribution is 5.79. The molecule has 1 N–H and O–H groups in total. The number of carbonyl (C=O) groups excluding carboxylic acids is 1. The molecule has 3 fully saturated rings. The van der Waals surface area contributed by atoms with Gasteiger partial charge in [-0.1, -0.05) is 48.5 Å². The van der Waals surface area contributed by atoms with E-state index >= 15 is 0 Å². The number of ether oxygens (including phenoxy) is 1. The molecule has 2 bridgehead atoms. The van der Waals surface area contributed by atoms with Gasteiger partial charge in [0.2, 0.25) is 0 Å². The molecule has 2 heterocycles. The zero-order chi connectivity index (χ0) is 18.4. The lowest BCUT2D eigenvalue weighted by atomic mass is 9.71. The molecule has 6 rings (SSSR count). The van der Waals surface area contributed by atoms with Crippen LogP contribution in [0.15, 0.2) is 48.5 Å². The van der Waals surface area contributed by atoms with Crippen LogP contribution in [0.1, 0.15) is 42.7 Å². The predicted octanol–water partition coefficient (Wildman–Crippen LogP) is 4.17. The highest BCUT2D eigenvalue weighted by atomic mass is 16.6. The molecule has 2 aromatic carbocycles. The summed E-state index contributed by atoms with van der Waals surface area (Å²) >= 11 is 0. The molecule has 2 aliphatic carbocycles. The number of aliphatic hydroxyl groups excluding tert-OH is 1. The molecule has 0 radical (unpaired) electrons. The van der Waals surface area contributed by atoms with Crippen molar-refractivity contribution in [3.05, 3.63) is 59.7 Å². The van der Waals surface area contributed by atoms with Crippen LogP contribution in [0, 0.1) is 5.92 Å². The van der Waals surface area contributed by atoms with E-state index < -0.39 is 5.54 Å². The number of carbonyl (C=O) groups is 1. The van der Waals surface area contributed by atoms with Crippen LogP contribution in [0.25, 0.3) is 11.1 Å². The second kappa shape index (κ2) is 6.38. The van der Waals surface area contributed by atoms with E-state index in [9.17, 15) is 9.90 Å². The van der Waals surface area contributed by atoms with Gasteiger partial charge in [0.05, 0.1) is 12.1 Å². The van der Waals surface area contributed by atoms with E-state index in [-0.39, 0.29) is 18.6 Å². The molecule has 0 spiro atoms. The first-order valence-corrected chi connectivity index (χ1v) is 9.95. The van der Waals surface area contributed by atoms with Crippen LogP contribution in [-0.2, 0) is 4.74 Å². The molecule has 4 nitrogen and oxygen atoms in total. The van der Waals surface area contributed by atoms with Gasteiger partial charge in [-0.3, -0.25) is 4.90 Å². The Kier molecular flexibility index (Phi) is 3.97. The molecule has 2 aliphatic heterocycles. The van der Waals surface area contributed by atoms with Crippen LogP contribution in [0.5, 0.6) is 0 Å². The lowest BCUT2D eigenvalue weighted by Crippen LogP contribution is -2.62. The first kappa shape index (κ1) is 16.8. The van der Waals surface area contributed by atoms with Crippen molar-refractivity contribution < 1.29 is 14.6 Å². The first-order valence-electron chi connectivity index (χ1n) is 9.95. The van der Waals surface area contributed by atoms with E-state index in [0.717, 1.165) is 32.2 Å². The van der Waals surface area contributed by atoms with Gasteiger partial charge in [0.1, 0.15) is 6.61 Å². The maximum Gasteiger partial charge on any atom is 0.410 e. The molecule has 27 heavy (non-hydrogen) atoms. The van der Waals surface area contributed by atoms with Gasteiger partial charge < -0.3 is 9.84 Å². The zero-order valence-electron chi connectivity index (χ0n) is 15.4. The van der Waals surface area contributed by atoms with Crippen molar-refractivity contribution in [2.24, 2.45) is 5.92 Å². The second-order valence-corrected chi connectivity index (χ2v) is 8.24. The smallest absolute Gasteiger partial charge is 0.410 e. The molecule has 2 saturated heterocycles. The van der Waals surface area contributed by atoms with Crippen molar-refractivity contribution in [2.45, 2.75) is 37.1 Å². The van der Waals surface area contributed by atoms with Crippen LogP contribution in [0.4, 0.5) is 4.79 Å². The van der Waals surface area contributed by atoms with E-state index in [1.165, 1.54) is 22.3 Å². The summed E-state index contributed by atoms with van der Waals surface area (Å²) in [4.78, 5) is 14.7. The number of piperidine rings is 2. The van der Waals surface area contributed by atoms with E-state index in [1.807, 2.05) is 17.0 Å². The van der Waals surface area contributed by atoms with Crippen molar-refractivity contribution in [1.82, 2.24) is 4.90 Å². The number of rotatable bonds is 3. The fourth-order valence-corrected chi connectivity index (χ4v) is 5.30. The maximum atomic E-state index is 12.9. The Bertz CT molecular complexity index is 824. The molecular formula is C23H25NO3. The average molecular weight is 363 g/mol. The molecule has 1 saturated carbocycles. The summed E-state index contributed by atoms with van der Waals surface area (Å²) in [6.45, 7) is 1.09. The summed E-state index contributed by atoms with van der Waals surface area (Å²) in [5.74, 6) is 0.632. The summed E-state index contributed by atoms with van der Waals surface area (Å²) in [6.07, 6.45) is 3.72. The third-order valence-corrected chi connectivity index (χ3v) is 6.90. The molecule has 0 aromatic heterocycles. The van der Waals surface area contributed by atoms with Crippen molar-refractivity contribution in [1.29, 1.82) is 0 Å². The van der Waals surface area contributed by atoms with Crippen LogP contribution in [0.3, 0.4) is 0 Å². The quantitative estimate of drug-likeness (QED) is 0.890. The van der Waals surface area contributed by atoms with Gasteiger partial charge in [-0.05, 0) is 53.9 Å². The molecule has 2 aromatic rings. The monoisotopic (exact) mass is 363 g/mol. The van der Waals surface area contributed by atoms with Gasteiger partial charge >= 0.3 is 6.09 Å². The standard InChI is InChI=1S/C23H25NO3/c25-15-23-11-9-16(10-12-23)13-24(23)22(26)27-14-21-19-7-3-1-5-17(19)18-6-2-4-8-20(18)21/h1-8,16,21,25H,9-15H2. The summed E-state index contributed by atoms with van der Waals surface area (Å²) in [7, 11) is 0. The van der Waals surface area contributed by atoms with Gasteiger partial charge in [0.25, 0.3) is 0 Å². The van der Waals surface area contributed by atoms with Crippen molar-refractivity contribution in [2.75, 3.05) is 19.8 Å². The minimum absolute atomic E-state index is 0.0317. The Hall–Kier alpha value is -2.33. The predicted molar refractivity (Wildman–Crippen MR) is 104 cm³/mol. The van der Waals surface area contributed by atoms with Gasteiger partial charge in [0, 0.05) is 12.5 Å². The van der Waals surface area contributed by atoms with Crippen LogP contribution < -0.4 is 0 Å². The molecule has 4 aliphatic rings. The van der Waals surface area contributed by atoms with Gasteiger partial charge in [0.15, 0.2) is 0 Å². The van der Waals surface area contributed by atoms with Crippen LogP contribution in [-0.4, -0.2) is 41.4 Å². The molecule has 0 unspecified atom stereocenters. The van der Waals surface area contributed by atoms with Crippen molar-refractivity contribution in [3.8, 4) is 11.1 Å².